The van der Waals surface area contributed by atoms with Crippen LogP contribution in [0, 0.1) is 5.92 Å². The molecular weight excluding hydrogens is 438 g/mol. The van der Waals surface area contributed by atoms with Crippen molar-refractivity contribution >= 4 is 16.9 Å². The van der Waals surface area contributed by atoms with E-state index in [0.717, 1.165) is 53.9 Å². The van der Waals surface area contributed by atoms with Crippen molar-refractivity contribution in [2.24, 2.45) is 13.0 Å². The zero-order valence-electron chi connectivity index (χ0n) is 20.8. The van der Waals surface area contributed by atoms with Crippen LogP contribution in [-0.4, -0.2) is 43.7 Å². The van der Waals surface area contributed by atoms with Crippen molar-refractivity contribution in [1.82, 2.24) is 35.4 Å². The largest absolute Gasteiger partial charge is 0.343 e. The minimum Gasteiger partial charge on any atom is -0.343 e. The summed E-state index contributed by atoms with van der Waals surface area (Å²) in [6.07, 6.45) is 7.31. The number of hydrogen-bond donors (Lipinski definition) is 3. The average Bonchev–Trinajstić information content (AvgIpc) is 3.48. The standard InChI is InChI=1S/C27H33N7O/c1-27(2,3)20-7-5-18(6-8-20)26(35)33-23(17-9-11-28-12-10-17)24-21-13-22(19-14-31-34(4)15-19)32-25(21)30-16-29-24/h5-8,13-17,23,28H,9-12H2,1-4H3,(H,33,35)(H,29,30,32). The molecule has 8 heteroatoms. The summed E-state index contributed by atoms with van der Waals surface area (Å²) in [5, 5.41) is 12.0. The number of aromatic amines is 1. The number of nitrogens with one attached hydrogen (secondary N) is 3. The predicted octanol–water partition coefficient (Wildman–Crippen LogP) is 4.13. The lowest BCUT2D eigenvalue weighted by atomic mass is 9.86. The highest BCUT2D eigenvalue weighted by Gasteiger charge is 2.30. The Morgan fingerprint density at radius 3 is 2.54 bits per heavy atom. The summed E-state index contributed by atoms with van der Waals surface area (Å²) >= 11 is 0. The van der Waals surface area contributed by atoms with Gasteiger partial charge in [-0.15, -0.1) is 0 Å². The molecule has 4 aromatic rings. The second-order valence-corrected chi connectivity index (χ2v) is 10.5. The SMILES string of the molecule is Cn1cc(-c2cc3c(C(NC(=O)c4ccc(C(C)(C)C)cc4)C4CCNCC4)ncnc3[nH]2)cn1. The maximum Gasteiger partial charge on any atom is 0.251 e. The minimum atomic E-state index is -0.213. The Hall–Kier alpha value is -3.52. The van der Waals surface area contributed by atoms with Gasteiger partial charge in [0.05, 0.1) is 23.6 Å². The van der Waals surface area contributed by atoms with Gasteiger partial charge in [0.25, 0.3) is 5.91 Å². The molecule has 8 nitrogen and oxygen atoms in total. The third kappa shape index (κ3) is 4.84. The summed E-state index contributed by atoms with van der Waals surface area (Å²) in [6.45, 7) is 8.38. The zero-order chi connectivity index (χ0) is 24.6. The zero-order valence-corrected chi connectivity index (χ0v) is 20.8. The van der Waals surface area contributed by atoms with E-state index >= 15 is 0 Å². The van der Waals surface area contributed by atoms with Crippen molar-refractivity contribution in [1.29, 1.82) is 0 Å². The Kier molecular flexibility index (Phi) is 6.15. The third-order valence-electron chi connectivity index (χ3n) is 6.92. The van der Waals surface area contributed by atoms with E-state index in [0.29, 0.717) is 5.56 Å². The van der Waals surface area contributed by atoms with Crippen molar-refractivity contribution in [2.45, 2.75) is 45.1 Å². The van der Waals surface area contributed by atoms with Gasteiger partial charge < -0.3 is 15.6 Å². The van der Waals surface area contributed by atoms with E-state index in [1.807, 2.05) is 43.7 Å². The number of amides is 1. The van der Waals surface area contributed by atoms with E-state index in [9.17, 15) is 4.79 Å². The molecule has 3 aromatic heterocycles. The molecule has 5 rings (SSSR count). The molecule has 1 unspecified atom stereocenters. The van der Waals surface area contributed by atoms with Gasteiger partial charge in [0.1, 0.15) is 12.0 Å². The molecule has 0 bridgehead atoms. The van der Waals surface area contributed by atoms with E-state index in [1.54, 1.807) is 11.0 Å². The smallest absolute Gasteiger partial charge is 0.251 e. The van der Waals surface area contributed by atoms with Crippen LogP contribution in [0.3, 0.4) is 0 Å². The molecule has 4 heterocycles. The lowest BCUT2D eigenvalue weighted by molar-refractivity contribution is 0.0913. The molecule has 1 fully saturated rings. The van der Waals surface area contributed by atoms with Crippen LogP contribution in [0.4, 0.5) is 0 Å². The minimum absolute atomic E-state index is 0.0411. The number of carbonyl (C=O) groups is 1. The number of piperidine rings is 1. The van der Waals surface area contributed by atoms with Gasteiger partial charge in [-0.2, -0.15) is 5.10 Å². The Balaban J connectivity index is 1.50. The Morgan fingerprint density at radius 1 is 1.14 bits per heavy atom. The predicted molar refractivity (Wildman–Crippen MR) is 137 cm³/mol. The number of nitrogens with zero attached hydrogens (tertiary/aromatic N) is 4. The van der Waals surface area contributed by atoms with Crippen LogP contribution in [0.5, 0.6) is 0 Å². The number of carbonyl (C=O) groups excluding carboxylic acids is 1. The van der Waals surface area contributed by atoms with Crippen LogP contribution in [0.15, 0.2) is 49.1 Å². The van der Waals surface area contributed by atoms with E-state index < -0.39 is 0 Å². The average molecular weight is 472 g/mol. The number of hydrogen-bond acceptors (Lipinski definition) is 5. The normalized spacial score (nSPS) is 15.9. The van der Waals surface area contributed by atoms with E-state index in [1.165, 1.54) is 5.56 Å². The number of aromatic nitrogens is 5. The van der Waals surface area contributed by atoms with Gasteiger partial charge in [-0.25, -0.2) is 9.97 Å². The monoisotopic (exact) mass is 471 g/mol. The Labute approximate surface area is 205 Å². The molecule has 1 atom stereocenters. The van der Waals surface area contributed by atoms with E-state index in [-0.39, 0.29) is 23.3 Å². The summed E-state index contributed by atoms with van der Waals surface area (Å²) in [5.74, 6) is 0.202. The van der Waals surface area contributed by atoms with Gasteiger partial charge >= 0.3 is 0 Å². The fourth-order valence-electron chi connectivity index (χ4n) is 4.86. The van der Waals surface area contributed by atoms with Crippen LogP contribution < -0.4 is 10.6 Å². The Bertz CT molecular complexity index is 1320. The quantitative estimate of drug-likeness (QED) is 0.406. The van der Waals surface area contributed by atoms with Crippen molar-refractivity contribution in [3.63, 3.8) is 0 Å². The van der Waals surface area contributed by atoms with Crippen LogP contribution in [-0.2, 0) is 12.5 Å². The first-order valence-corrected chi connectivity index (χ1v) is 12.2. The lowest BCUT2D eigenvalue weighted by Crippen LogP contribution is -2.39. The fraction of sp³-hybridized carbons (Fsp3) is 0.407. The topological polar surface area (TPSA) is 101 Å². The maximum atomic E-state index is 13.4. The molecule has 0 saturated carbocycles. The first kappa shape index (κ1) is 23.2. The highest BCUT2D eigenvalue weighted by molar-refractivity contribution is 5.95. The molecule has 182 valence electrons. The molecule has 3 N–H and O–H groups in total. The highest BCUT2D eigenvalue weighted by Crippen LogP contribution is 2.34. The van der Waals surface area contributed by atoms with Gasteiger partial charge in [0, 0.05) is 29.8 Å². The van der Waals surface area contributed by atoms with Crippen LogP contribution in [0.2, 0.25) is 0 Å². The van der Waals surface area contributed by atoms with Gasteiger partial charge in [-0.1, -0.05) is 32.9 Å². The van der Waals surface area contributed by atoms with E-state index in [4.69, 9.17) is 4.98 Å². The van der Waals surface area contributed by atoms with Gasteiger partial charge in [-0.3, -0.25) is 9.48 Å². The summed E-state index contributed by atoms with van der Waals surface area (Å²) in [7, 11) is 1.90. The van der Waals surface area contributed by atoms with Gasteiger partial charge in [0.15, 0.2) is 0 Å². The van der Waals surface area contributed by atoms with Gasteiger partial charge in [0.2, 0.25) is 0 Å². The van der Waals surface area contributed by atoms with Gasteiger partial charge in [-0.05, 0) is 61.0 Å². The van der Waals surface area contributed by atoms with Crippen molar-refractivity contribution in [3.05, 3.63) is 65.9 Å². The summed E-state index contributed by atoms with van der Waals surface area (Å²) in [6, 6.07) is 9.78. The van der Waals surface area contributed by atoms with Crippen LogP contribution in [0.25, 0.3) is 22.3 Å². The molecule has 1 aromatic carbocycles. The molecule has 1 saturated heterocycles. The molecule has 0 radical (unpaired) electrons. The number of H-pyrrole nitrogens is 1. The van der Waals surface area contributed by atoms with Crippen molar-refractivity contribution < 1.29 is 4.79 Å². The summed E-state index contributed by atoms with van der Waals surface area (Å²) in [4.78, 5) is 26.0. The number of aryl methyl sites for hydroxylation is 1. The first-order valence-electron chi connectivity index (χ1n) is 12.2. The highest BCUT2D eigenvalue weighted by atomic mass is 16.1. The second kappa shape index (κ2) is 9.26. The fourth-order valence-corrected chi connectivity index (χ4v) is 4.86. The second-order valence-electron chi connectivity index (χ2n) is 10.5. The molecule has 1 aliphatic heterocycles. The van der Waals surface area contributed by atoms with Crippen LogP contribution in [0.1, 0.15) is 61.3 Å². The molecule has 0 spiro atoms. The molecule has 0 aliphatic carbocycles. The molecule has 1 aliphatic rings. The Morgan fingerprint density at radius 2 is 1.89 bits per heavy atom. The van der Waals surface area contributed by atoms with E-state index in [2.05, 4.69) is 52.5 Å². The van der Waals surface area contributed by atoms with Crippen LogP contribution >= 0.6 is 0 Å². The number of fused-ring (bicyclic) bond motifs is 1. The molecular formula is C27H33N7O. The number of rotatable bonds is 5. The first-order chi connectivity index (χ1) is 16.8. The molecule has 35 heavy (non-hydrogen) atoms. The third-order valence-corrected chi connectivity index (χ3v) is 6.92. The summed E-state index contributed by atoms with van der Waals surface area (Å²) < 4.78 is 1.77. The molecule has 1 amide bonds. The number of benzene rings is 1. The van der Waals surface area contributed by atoms with Crippen molar-refractivity contribution in [2.75, 3.05) is 13.1 Å². The summed E-state index contributed by atoms with van der Waals surface area (Å²) in [5.41, 5.74) is 5.44. The lowest BCUT2D eigenvalue weighted by Gasteiger charge is -2.31. The van der Waals surface area contributed by atoms with Crippen molar-refractivity contribution in [3.8, 4) is 11.3 Å². The maximum absolute atomic E-state index is 13.4.